The van der Waals surface area contributed by atoms with Crippen molar-refractivity contribution in [2.75, 3.05) is 0 Å². The molecule has 0 aliphatic carbocycles. The number of H-pyrrole nitrogens is 1. The summed E-state index contributed by atoms with van der Waals surface area (Å²) in [5.41, 5.74) is 4.38. The zero-order chi connectivity index (χ0) is 12.3. The standard InChI is InChI=1S/C13H7BrN2O2/c14-6-3-10-12(15-4-6)8-2-1-7-9(11(8)16-10)5-18-13(7)17/h1-4,16H,5H2. The van der Waals surface area contributed by atoms with Gasteiger partial charge in [-0.25, -0.2) is 4.79 Å². The summed E-state index contributed by atoms with van der Waals surface area (Å²) < 4.78 is 5.98. The van der Waals surface area contributed by atoms with E-state index < -0.39 is 0 Å². The topological polar surface area (TPSA) is 55.0 Å². The van der Waals surface area contributed by atoms with Gasteiger partial charge in [0, 0.05) is 21.6 Å². The largest absolute Gasteiger partial charge is 0.457 e. The quantitative estimate of drug-likeness (QED) is 0.649. The molecule has 0 bridgehead atoms. The average molecular weight is 303 g/mol. The molecular formula is C13H7BrN2O2. The number of benzene rings is 1. The molecule has 88 valence electrons. The molecule has 1 aliphatic heterocycles. The molecule has 0 fully saturated rings. The highest BCUT2D eigenvalue weighted by Crippen LogP contribution is 2.32. The Balaban J connectivity index is 2.18. The van der Waals surface area contributed by atoms with Crippen LogP contribution >= 0.6 is 15.9 Å². The van der Waals surface area contributed by atoms with Gasteiger partial charge in [0.15, 0.2) is 0 Å². The van der Waals surface area contributed by atoms with E-state index in [2.05, 4.69) is 25.9 Å². The average Bonchev–Trinajstić information content (AvgIpc) is 2.89. The molecule has 0 saturated carbocycles. The summed E-state index contributed by atoms with van der Waals surface area (Å²) in [7, 11) is 0. The van der Waals surface area contributed by atoms with E-state index in [1.54, 1.807) is 6.20 Å². The molecule has 1 aliphatic rings. The number of halogens is 1. The van der Waals surface area contributed by atoms with Crippen LogP contribution in [0.1, 0.15) is 15.9 Å². The lowest BCUT2D eigenvalue weighted by Gasteiger charge is -1.95. The number of hydrogen-bond donors (Lipinski definition) is 1. The van der Waals surface area contributed by atoms with Crippen LogP contribution in [0.25, 0.3) is 21.9 Å². The highest BCUT2D eigenvalue weighted by molar-refractivity contribution is 9.10. The van der Waals surface area contributed by atoms with Crippen LogP contribution in [0.5, 0.6) is 0 Å². The summed E-state index contributed by atoms with van der Waals surface area (Å²) in [5.74, 6) is -0.250. The number of nitrogens with one attached hydrogen (secondary N) is 1. The number of ether oxygens (including phenoxy) is 1. The van der Waals surface area contributed by atoms with Crippen LogP contribution in [0.4, 0.5) is 0 Å². The van der Waals surface area contributed by atoms with Crippen LogP contribution in [0.15, 0.2) is 28.9 Å². The Morgan fingerprint density at radius 2 is 2.28 bits per heavy atom. The van der Waals surface area contributed by atoms with Crippen molar-refractivity contribution in [2.24, 2.45) is 0 Å². The van der Waals surface area contributed by atoms with Gasteiger partial charge in [0.25, 0.3) is 0 Å². The molecule has 0 amide bonds. The molecule has 2 aromatic heterocycles. The Bertz CT molecular complexity index is 823. The number of rotatable bonds is 0. The van der Waals surface area contributed by atoms with Crippen LogP contribution in [0.2, 0.25) is 0 Å². The molecule has 0 spiro atoms. The van der Waals surface area contributed by atoms with Gasteiger partial charge < -0.3 is 9.72 Å². The van der Waals surface area contributed by atoms with E-state index >= 15 is 0 Å². The molecule has 0 saturated heterocycles. The fourth-order valence-corrected chi connectivity index (χ4v) is 2.76. The number of nitrogens with zero attached hydrogens (tertiary/aromatic N) is 1. The predicted octanol–water partition coefficient (Wildman–Crippen LogP) is 3.15. The molecular weight excluding hydrogens is 296 g/mol. The summed E-state index contributed by atoms with van der Waals surface area (Å²) in [4.78, 5) is 19.2. The van der Waals surface area contributed by atoms with Crippen molar-refractivity contribution in [3.8, 4) is 0 Å². The molecule has 3 aromatic rings. The van der Waals surface area contributed by atoms with E-state index in [-0.39, 0.29) is 5.97 Å². The van der Waals surface area contributed by atoms with Gasteiger partial charge in [-0.05, 0) is 34.1 Å². The van der Waals surface area contributed by atoms with Gasteiger partial charge in [-0.15, -0.1) is 0 Å². The highest BCUT2D eigenvalue weighted by atomic mass is 79.9. The second kappa shape index (κ2) is 3.32. The summed E-state index contributed by atoms with van der Waals surface area (Å²) in [5, 5.41) is 1.02. The first kappa shape index (κ1) is 10.1. The Morgan fingerprint density at radius 1 is 1.39 bits per heavy atom. The Morgan fingerprint density at radius 3 is 3.17 bits per heavy atom. The third-order valence-corrected chi connectivity index (χ3v) is 3.68. The number of pyridine rings is 1. The number of aromatic amines is 1. The molecule has 0 atom stereocenters. The Hall–Kier alpha value is -1.88. The van der Waals surface area contributed by atoms with Gasteiger partial charge >= 0.3 is 5.97 Å². The minimum atomic E-state index is -0.250. The first-order valence-electron chi connectivity index (χ1n) is 5.50. The highest BCUT2D eigenvalue weighted by Gasteiger charge is 2.24. The first-order valence-corrected chi connectivity index (χ1v) is 6.29. The van der Waals surface area contributed by atoms with Crippen molar-refractivity contribution in [3.05, 3.63) is 40.0 Å². The monoisotopic (exact) mass is 302 g/mol. The molecule has 0 radical (unpaired) electrons. The van der Waals surface area contributed by atoms with Gasteiger partial charge in [0.05, 0.1) is 22.1 Å². The summed E-state index contributed by atoms with van der Waals surface area (Å²) >= 11 is 3.40. The number of carbonyl (C=O) groups excluding carboxylic acids is 1. The van der Waals surface area contributed by atoms with Crippen molar-refractivity contribution in [2.45, 2.75) is 6.61 Å². The van der Waals surface area contributed by atoms with Crippen molar-refractivity contribution in [3.63, 3.8) is 0 Å². The van der Waals surface area contributed by atoms with Crippen LogP contribution in [0, 0.1) is 0 Å². The molecule has 0 unspecified atom stereocenters. The van der Waals surface area contributed by atoms with E-state index in [4.69, 9.17) is 4.74 Å². The second-order valence-corrected chi connectivity index (χ2v) is 5.18. The molecule has 1 N–H and O–H groups in total. The van der Waals surface area contributed by atoms with E-state index in [0.29, 0.717) is 12.2 Å². The predicted molar refractivity (Wildman–Crippen MR) is 70.4 cm³/mol. The van der Waals surface area contributed by atoms with Crippen LogP contribution in [0.3, 0.4) is 0 Å². The first-order chi connectivity index (χ1) is 8.74. The number of hydrogen-bond acceptors (Lipinski definition) is 3. The lowest BCUT2D eigenvalue weighted by molar-refractivity contribution is 0.0535. The summed E-state index contributed by atoms with van der Waals surface area (Å²) in [6.45, 7) is 0.333. The van der Waals surface area contributed by atoms with Gasteiger partial charge in [0.1, 0.15) is 6.61 Å². The van der Waals surface area contributed by atoms with E-state index in [1.807, 2.05) is 18.2 Å². The van der Waals surface area contributed by atoms with Crippen molar-refractivity contribution in [1.82, 2.24) is 9.97 Å². The fraction of sp³-hybridized carbons (Fsp3) is 0.0769. The Kier molecular flexibility index (Phi) is 1.86. The lowest BCUT2D eigenvalue weighted by Crippen LogP contribution is -1.92. The molecule has 3 heterocycles. The third-order valence-electron chi connectivity index (χ3n) is 3.25. The maximum Gasteiger partial charge on any atom is 0.338 e. The summed E-state index contributed by atoms with van der Waals surface area (Å²) in [6.07, 6.45) is 1.77. The molecule has 4 nitrogen and oxygen atoms in total. The van der Waals surface area contributed by atoms with Crippen LogP contribution in [-0.2, 0) is 11.3 Å². The van der Waals surface area contributed by atoms with Crippen molar-refractivity contribution in [1.29, 1.82) is 0 Å². The Labute approximate surface area is 110 Å². The normalized spacial score (nSPS) is 14.2. The van der Waals surface area contributed by atoms with E-state index in [0.717, 1.165) is 32.0 Å². The lowest BCUT2D eigenvalue weighted by atomic mass is 10.1. The number of cyclic esters (lactones) is 1. The SMILES string of the molecule is O=C1OCc2c1ccc1c2[nH]c2cc(Br)cnc21. The van der Waals surface area contributed by atoms with Crippen molar-refractivity contribution >= 4 is 43.8 Å². The molecule has 18 heavy (non-hydrogen) atoms. The molecule has 4 rings (SSSR count). The maximum atomic E-state index is 11.5. The number of fused-ring (bicyclic) bond motifs is 5. The van der Waals surface area contributed by atoms with Crippen LogP contribution < -0.4 is 0 Å². The zero-order valence-corrected chi connectivity index (χ0v) is 10.7. The molecule has 1 aromatic carbocycles. The second-order valence-electron chi connectivity index (χ2n) is 4.27. The van der Waals surface area contributed by atoms with Gasteiger partial charge in [0.2, 0.25) is 0 Å². The zero-order valence-electron chi connectivity index (χ0n) is 9.16. The molecule has 5 heteroatoms. The van der Waals surface area contributed by atoms with E-state index in [9.17, 15) is 4.79 Å². The maximum absolute atomic E-state index is 11.5. The van der Waals surface area contributed by atoms with Gasteiger partial charge in [-0.1, -0.05) is 0 Å². The fourth-order valence-electron chi connectivity index (χ4n) is 2.43. The number of carbonyl (C=O) groups is 1. The minimum absolute atomic E-state index is 0.250. The van der Waals surface area contributed by atoms with Gasteiger partial charge in [-0.2, -0.15) is 0 Å². The van der Waals surface area contributed by atoms with Crippen molar-refractivity contribution < 1.29 is 9.53 Å². The number of aromatic nitrogens is 2. The smallest absolute Gasteiger partial charge is 0.338 e. The third kappa shape index (κ3) is 1.19. The minimum Gasteiger partial charge on any atom is -0.457 e. The summed E-state index contributed by atoms with van der Waals surface area (Å²) in [6, 6.07) is 5.71. The van der Waals surface area contributed by atoms with Crippen LogP contribution in [-0.4, -0.2) is 15.9 Å². The van der Waals surface area contributed by atoms with E-state index in [1.165, 1.54) is 0 Å². The number of esters is 1. The van der Waals surface area contributed by atoms with Gasteiger partial charge in [-0.3, -0.25) is 4.98 Å².